The Morgan fingerprint density at radius 1 is 1.58 bits per heavy atom. The van der Waals surface area contributed by atoms with Crippen molar-refractivity contribution >= 4 is 5.69 Å². The number of aliphatic hydroxyl groups excluding tert-OH is 1. The first-order valence-electron chi connectivity index (χ1n) is 6.32. The average Bonchev–Trinajstić information content (AvgIpc) is 3.22. The van der Waals surface area contributed by atoms with Gasteiger partial charge >= 0.3 is 5.69 Å². The number of ether oxygens (including phenoxy) is 1. The Bertz CT molecular complexity index is 460. The molecule has 6 heteroatoms. The molecule has 0 heterocycles. The van der Waals surface area contributed by atoms with Crippen LogP contribution in [0.5, 0.6) is 5.75 Å². The highest BCUT2D eigenvalue weighted by atomic mass is 16.6. The maximum Gasteiger partial charge on any atom is 0.311 e. The van der Waals surface area contributed by atoms with Gasteiger partial charge in [-0.2, -0.15) is 0 Å². The van der Waals surface area contributed by atoms with E-state index < -0.39 is 4.92 Å². The van der Waals surface area contributed by atoms with Crippen molar-refractivity contribution in [3.63, 3.8) is 0 Å². The Morgan fingerprint density at radius 3 is 2.89 bits per heavy atom. The zero-order chi connectivity index (χ0) is 13.8. The monoisotopic (exact) mass is 266 g/mol. The fourth-order valence-electron chi connectivity index (χ4n) is 2.00. The standard InChI is InChI=1S/C13H18N2O4/c1-19-13-5-2-9(6-11(13)15(17)18)7-14-8-12(16)10-3-4-10/h2,5-6,10,12,14,16H,3-4,7-8H2,1H3. The molecule has 1 fully saturated rings. The van der Waals surface area contributed by atoms with E-state index in [0.29, 0.717) is 19.0 Å². The van der Waals surface area contributed by atoms with Crippen molar-refractivity contribution in [1.82, 2.24) is 5.32 Å². The summed E-state index contributed by atoms with van der Waals surface area (Å²) in [6, 6.07) is 4.87. The van der Waals surface area contributed by atoms with E-state index in [2.05, 4.69) is 5.32 Å². The van der Waals surface area contributed by atoms with Crippen molar-refractivity contribution < 1.29 is 14.8 Å². The summed E-state index contributed by atoms with van der Waals surface area (Å²) < 4.78 is 4.94. The smallest absolute Gasteiger partial charge is 0.311 e. The predicted molar refractivity (Wildman–Crippen MR) is 70.1 cm³/mol. The van der Waals surface area contributed by atoms with Gasteiger partial charge in [-0.1, -0.05) is 6.07 Å². The number of aliphatic hydroxyl groups is 1. The van der Waals surface area contributed by atoms with Gasteiger partial charge in [-0.3, -0.25) is 10.1 Å². The fraction of sp³-hybridized carbons (Fsp3) is 0.538. The number of methoxy groups -OCH3 is 1. The van der Waals surface area contributed by atoms with Gasteiger partial charge in [-0.15, -0.1) is 0 Å². The van der Waals surface area contributed by atoms with Gasteiger partial charge in [-0.25, -0.2) is 0 Å². The molecule has 0 aliphatic heterocycles. The molecule has 0 radical (unpaired) electrons. The summed E-state index contributed by atoms with van der Waals surface area (Å²) in [5, 5.41) is 23.7. The third-order valence-electron chi connectivity index (χ3n) is 3.29. The number of nitro benzene ring substituents is 1. The molecular weight excluding hydrogens is 248 g/mol. The second kappa shape index (κ2) is 5.99. The zero-order valence-electron chi connectivity index (χ0n) is 10.8. The van der Waals surface area contributed by atoms with Crippen molar-refractivity contribution in [1.29, 1.82) is 0 Å². The highest BCUT2D eigenvalue weighted by molar-refractivity contribution is 5.48. The van der Waals surface area contributed by atoms with Crippen LogP contribution in [0.4, 0.5) is 5.69 Å². The van der Waals surface area contributed by atoms with Crippen LogP contribution in [-0.4, -0.2) is 29.8 Å². The van der Waals surface area contributed by atoms with E-state index in [1.54, 1.807) is 12.1 Å². The van der Waals surface area contributed by atoms with E-state index in [0.717, 1.165) is 18.4 Å². The Morgan fingerprint density at radius 2 is 2.32 bits per heavy atom. The van der Waals surface area contributed by atoms with Gasteiger partial charge in [0.1, 0.15) is 0 Å². The molecule has 19 heavy (non-hydrogen) atoms. The number of nitrogens with one attached hydrogen (secondary N) is 1. The van der Waals surface area contributed by atoms with Crippen LogP contribution in [0.2, 0.25) is 0 Å². The van der Waals surface area contributed by atoms with E-state index in [4.69, 9.17) is 4.74 Å². The van der Waals surface area contributed by atoms with Gasteiger partial charge in [0.2, 0.25) is 0 Å². The molecular formula is C13H18N2O4. The van der Waals surface area contributed by atoms with Gasteiger partial charge in [0.15, 0.2) is 5.75 Å². The number of nitrogens with zero attached hydrogens (tertiary/aromatic N) is 1. The minimum absolute atomic E-state index is 0.0375. The summed E-state index contributed by atoms with van der Waals surface area (Å²) in [5.74, 6) is 0.685. The van der Waals surface area contributed by atoms with Crippen LogP contribution < -0.4 is 10.1 Å². The molecule has 1 aromatic carbocycles. The lowest BCUT2D eigenvalue weighted by molar-refractivity contribution is -0.385. The molecule has 1 saturated carbocycles. The van der Waals surface area contributed by atoms with Crippen LogP contribution in [-0.2, 0) is 6.54 Å². The van der Waals surface area contributed by atoms with E-state index in [-0.39, 0.29) is 17.5 Å². The summed E-state index contributed by atoms with van der Waals surface area (Å²) in [6.45, 7) is 1.01. The van der Waals surface area contributed by atoms with Crippen molar-refractivity contribution in [2.75, 3.05) is 13.7 Å². The minimum atomic E-state index is -0.457. The molecule has 104 valence electrons. The van der Waals surface area contributed by atoms with Crippen molar-refractivity contribution in [2.45, 2.75) is 25.5 Å². The lowest BCUT2D eigenvalue weighted by Crippen LogP contribution is -2.27. The lowest BCUT2D eigenvalue weighted by atomic mass is 10.1. The van der Waals surface area contributed by atoms with Crippen LogP contribution >= 0.6 is 0 Å². The molecule has 0 spiro atoms. The van der Waals surface area contributed by atoms with Gasteiger partial charge in [0.25, 0.3) is 0 Å². The zero-order valence-corrected chi connectivity index (χ0v) is 10.8. The predicted octanol–water partition coefficient (Wildman–Crippen LogP) is 1.46. The van der Waals surface area contributed by atoms with E-state index in [1.165, 1.54) is 13.2 Å². The Balaban J connectivity index is 1.92. The summed E-state index contributed by atoms with van der Waals surface area (Å²) in [4.78, 5) is 10.4. The minimum Gasteiger partial charge on any atom is -0.490 e. The SMILES string of the molecule is COc1ccc(CNCC(O)C2CC2)cc1[N+](=O)[O-]. The van der Waals surface area contributed by atoms with Crippen LogP contribution in [0.25, 0.3) is 0 Å². The molecule has 0 saturated heterocycles. The first-order valence-corrected chi connectivity index (χ1v) is 6.32. The fourth-order valence-corrected chi connectivity index (χ4v) is 2.00. The number of rotatable bonds is 7. The second-order valence-electron chi connectivity index (χ2n) is 4.80. The quantitative estimate of drug-likeness (QED) is 0.576. The summed E-state index contributed by atoms with van der Waals surface area (Å²) in [7, 11) is 1.41. The van der Waals surface area contributed by atoms with Crippen LogP contribution in [0, 0.1) is 16.0 Å². The lowest BCUT2D eigenvalue weighted by Gasteiger charge is -2.11. The number of hydrogen-bond acceptors (Lipinski definition) is 5. The van der Waals surface area contributed by atoms with Crippen molar-refractivity contribution in [3.05, 3.63) is 33.9 Å². The molecule has 2 rings (SSSR count). The number of hydrogen-bond donors (Lipinski definition) is 2. The normalized spacial score (nSPS) is 16.1. The van der Waals surface area contributed by atoms with Crippen molar-refractivity contribution in [3.8, 4) is 5.75 Å². The summed E-state index contributed by atoms with van der Waals surface area (Å²) >= 11 is 0. The molecule has 0 bridgehead atoms. The maximum absolute atomic E-state index is 10.9. The third-order valence-corrected chi connectivity index (χ3v) is 3.29. The number of nitro groups is 1. The topological polar surface area (TPSA) is 84.6 Å². The van der Waals surface area contributed by atoms with E-state index in [1.807, 2.05) is 0 Å². The Labute approximate surface area is 111 Å². The second-order valence-corrected chi connectivity index (χ2v) is 4.80. The van der Waals surface area contributed by atoms with Crippen LogP contribution in [0.3, 0.4) is 0 Å². The third kappa shape index (κ3) is 3.65. The highest BCUT2D eigenvalue weighted by Crippen LogP contribution is 2.32. The molecule has 1 aromatic rings. The molecule has 1 aliphatic carbocycles. The summed E-state index contributed by atoms with van der Waals surface area (Å²) in [6.07, 6.45) is 1.88. The molecule has 1 atom stereocenters. The molecule has 0 aromatic heterocycles. The average molecular weight is 266 g/mol. The number of benzene rings is 1. The molecule has 0 amide bonds. The Kier molecular flexibility index (Phi) is 4.34. The largest absolute Gasteiger partial charge is 0.490 e. The summed E-state index contributed by atoms with van der Waals surface area (Å²) in [5.41, 5.74) is 0.764. The van der Waals surface area contributed by atoms with Gasteiger partial charge < -0.3 is 15.2 Å². The van der Waals surface area contributed by atoms with Gasteiger partial charge in [-0.05, 0) is 30.4 Å². The molecule has 6 nitrogen and oxygen atoms in total. The van der Waals surface area contributed by atoms with Gasteiger partial charge in [0.05, 0.1) is 18.1 Å². The van der Waals surface area contributed by atoms with E-state index in [9.17, 15) is 15.2 Å². The maximum atomic E-state index is 10.9. The molecule has 1 aliphatic rings. The van der Waals surface area contributed by atoms with Gasteiger partial charge in [0, 0.05) is 19.2 Å². The van der Waals surface area contributed by atoms with Crippen LogP contribution in [0.1, 0.15) is 18.4 Å². The first-order chi connectivity index (χ1) is 9.11. The highest BCUT2D eigenvalue weighted by Gasteiger charge is 2.29. The van der Waals surface area contributed by atoms with Crippen LogP contribution in [0.15, 0.2) is 18.2 Å². The first kappa shape index (κ1) is 13.8. The van der Waals surface area contributed by atoms with Crippen molar-refractivity contribution in [2.24, 2.45) is 5.92 Å². The molecule has 2 N–H and O–H groups in total. The molecule has 1 unspecified atom stereocenters. The van der Waals surface area contributed by atoms with E-state index >= 15 is 0 Å². The Hall–Kier alpha value is -1.66.